The Morgan fingerprint density at radius 2 is 1.59 bits per heavy atom. The Balaban J connectivity index is 1.41. The van der Waals surface area contributed by atoms with Gasteiger partial charge in [-0.3, -0.25) is 4.79 Å². The minimum Gasteiger partial charge on any atom is -0.332 e. The van der Waals surface area contributed by atoms with Gasteiger partial charge in [-0.2, -0.15) is 0 Å². The Kier molecular flexibility index (Phi) is 5.58. The lowest BCUT2D eigenvalue weighted by Crippen LogP contribution is -2.30. The Bertz CT molecular complexity index is 1200. The first-order chi connectivity index (χ1) is 15.6. The van der Waals surface area contributed by atoms with Gasteiger partial charge in [0, 0.05) is 23.4 Å². The molecule has 0 spiro atoms. The van der Waals surface area contributed by atoms with Crippen LogP contribution in [0.1, 0.15) is 16.7 Å². The van der Waals surface area contributed by atoms with Gasteiger partial charge in [0.1, 0.15) is 0 Å². The van der Waals surface area contributed by atoms with Gasteiger partial charge in [-0.05, 0) is 31.9 Å². The number of aromatic nitrogens is 2. The van der Waals surface area contributed by atoms with Crippen molar-refractivity contribution in [3.05, 3.63) is 89.5 Å². The Morgan fingerprint density at radius 1 is 0.938 bits per heavy atom. The monoisotopic (exact) mass is 439 g/mol. The largest absolute Gasteiger partial charge is 0.332 e. The molecule has 0 bridgehead atoms. The summed E-state index contributed by atoms with van der Waals surface area (Å²) in [4.78, 5) is 23.2. The van der Waals surface area contributed by atoms with Crippen LogP contribution in [0.2, 0.25) is 0 Å². The van der Waals surface area contributed by atoms with Gasteiger partial charge in [-0.1, -0.05) is 89.6 Å². The summed E-state index contributed by atoms with van der Waals surface area (Å²) in [7, 11) is 0. The first kappa shape index (κ1) is 20.6. The normalized spacial score (nSPS) is 12.8. The Morgan fingerprint density at radius 3 is 2.31 bits per heavy atom. The smallest absolute Gasteiger partial charge is 0.237 e. The molecule has 3 aromatic carbocycles. The predicted molar refractivity (Wildman–Crippen MR) is 132 cm³/mol. The molecule has 5 heteroatoms. The number of para-hydroxylation sites is 1. The van der Waals surface area contributed by atoms with Gasteiger partial charge in [0.05, 0.1) is 17.1 Å². The lowest BCUT2D eigenvalue weighted by molar-refractivity contribution is -0.116. The van der Waals surface area contributed by atoms with E-state index < -0.39 is 0 Å². The summed E-state index contributed by atoms with van der Waals surface area (Å²) in [5, 5.41) is 0.761. The van der Waals surface area contributed by atoms with Crippen LogP contribution in [0.25, 0.3) is 22.5 Å². The van der Waals surface area contributed by atoms with Crippen LogP contribution < -0.4 is 4.90 Å². The van der Waals surface area contributed by atoms with Crippen molar-refractivity contribution in [2.45, 2.75) is 25.4 Å². The van der Waals surface area contributed by atoms with Crippen molar-refractivity contribution < 1.29 is 4.79 Å². The number of H-pyrrole nitrogens is 1. The number of nitrogens with one attached hydrogen (secondary N) is 1. The molecule has 0 radical (unpaired) electrons. The molecule has 5 rings (SSSR count). The van der Waals surface area contributed by atoms with E-state index in [1.807, 2.05) is 23.1 Å². The van der Waals surface area contributed by atoms with E-state index in [0.717, 1.165) is 46.3 Å². The van der Waals surface area contributed by atoms with E-state index in [4.69, 9.17) is 4.98 Å². The second-order valence-electron chi connectivity index (χ2n) is 8.21. The topological polar surface area (TPSA) is 49.0 Å². The number of amides is 1. The van der Waals surface area contributed by atoms with Crippen LogP contribution >= 0.6 is 11.8 Å². The average molecular weight is 440 g/mol. The van der Waals surface area contributed by atoms with Crippen molar-refractivity contribution >= 4 is 23.4 Å². The number of hydrogen-bond acceptors (Lipinski definition) is 3. The SMILES string of the molecule is Cc1ccc(-c2nc(SCC(=O)N3CCc4ccccc43)[nH]c2-c2ccc(C)cc2)cc1. The van der Waals surface area contributed by atoms with Crippen LogP contribution in [0.3, 0.4) is 0 Å². The van der Waals surface area contributed by atoms with Gasteiger partial charge in [0.2, 0.25) is 5.91 Å². The fourth-order valence-corrected chi connectivity index (χ4v) is 4.82. The summed E-state index contributed by atoms with van der Waals surface area (Å²) in [6, 6.07) is 25.0. The van der Waals surface area contributed by atoms with Crippen molar-refractivity contribution in [3.63, 3.8) is 0 Å². The molecule has 0 atom stereocenters. The second kappa shape index (κ2) is 8.67. The van der Waals surface area contributed by atoms with E-state index in [9.17, 15) is 4.79 Å². The minimum atomic E-state index is 0.116. The summed E-state index contributed by atoms with van der Waals surface area (Å²) >= 11 is 1.46. The Labute approximate surface area is 192 Å². The van der Waals surface area contributed by atoms with Crippen LogP contribution in [0.15, 0.2) is 78.0 Å². The highest BCUT2D eigenvalue weighted by atomic mass is 32.2. The number of thioether (sulfide) groups is 1. The highest BCUT2D eigenvalue weighted by Gasteiger charge is 2.24. The molecular formula is C27H25N3OS. The number of anilines is 1. The summed E-state index contributed by atoms with van der Waals surface area (Å²) < 4.78 is 0. The zero-order chi connectivity index (χ0) is 22.1. The van der Waals surface area contributed by atoms with Crippen LogP contribution in [0.4, 0.5) is 5.69 Å². The third-order valence-corrected chi connectivity index (χ3v) is 6.73. The van der Waals surface area contributed by atoms with Gasteiger partial charge in [-0.25, -0.2) is 4.98 Å². The molecule has 4 nitrogen and oxygen atoms in total. The third-order valence-electron chi connectivity index (χ3n) is 5.87. The molecule has 0 unspecified atom stereocenters. The maximum atomic E-state index is 13.0. The van der Waals surface area contributed by atoms with Gasteiger partial charge >= 0.3 is 0 Å². The van der Waals surface area contributed by atoms with Gasteiger partial charge in [0.15, 0.2) is 5.16 Å². The standard InChI is InChI=1S/C27H25N3OS/c1-18-7-11-21(12-8-18)25-26(22-13-9-19(2)10-14-22)29-27(28-25)32-17-24(31)30-16-15-20-5-3-4-6-23(20)30/h3-14H,15-17H2,1-2H3,(H,28,29). The van der Waals surface area contributed by atoms with Crippen molar-refractivity contribution in [2.75, 3.05) is 17.2 Å². The summed E-state index contributed by atoms with van der Waals surface area (Å²) in [5.74, 6) is 0.466. The molecule has 1 aromatic heterocycles. The molecule has 0 saturated carbocycles. The van der Waals surface area contributed by atoms with Crippen molar-refractivity contribution in [3.8, 4) is 22.5 Å². The fraction of sp³-hybridized carbons (Fsp3) is 0.185. The summed E-state index contributed by atoms with van der Waals surface area (Å²) in [5.41, 5.74) is 8.76. The van der Waals surface area contributed by atoms with Gasteiger partial charge in [0.25, 0.3) is 0 Å². The molecule has 4 aromatic rings. The van der Waals surface area contributed by atoms with Gasteiger partial charge in [-0.15, -0.1) is 0 Å². The number of carbonyl (C=O) groups is 1. The number of rotatable bonds is 5. The molecule has 0 fully saturated rings. The highest BCUT2D eigenvalue weighted by molar-refractivity contribution is 7.99. The summed E-state index contributed by atoms with van der Waals surface area (Å²) in [6.45, 7) is 4.92. The van der Waals surface area contributed by atoms with E-state index in [2.05, 4.69) is 73.4 Å². The molecule has 2 heterocycles. The molecule has 1 amide bonds. The number of aromatic amines is 1. The van der Waals surface area contributed by atoms with Crippen LogP contribution in [-0.4, -0.2) is 28.2 Å². The van der Waals surface area contributed by atoms with E-state index in [0.29, 0.717) is 5.75 Å². The third kappa shape index (κ3) is 4.08. The number of benzene rings is 3. The Hall–Kier alpha value is -3.31. The number of imidazole rings is 1. The lowest BCUT2D eigenvalue weighted by Gasteiger charge is -2.16. The lowest BCUT2D eigenvalue weighted by atomic mass is 10.0. The number of aryl methyl sites for hydroxylation is 2. The van der Waals surface area contributed by atoms with E-state index in [1.54, 1.807) is 0 Å². The van der Waals surface area contributed by atoms with Crippen molar-refractivity contribution in [1.29, 1.82) is 0 Å². The first-order valence-electron chi connectivity index (χ1n) is 10.8. The molecule has 1 aliphatic rings. The first-order valence-corrected chi connectivity index (χ1v) is 11.8. The predicted octanol–water partition coefficient (Wildman–Crippen LogP) is 6.04. The van der Waals surface area contributed by atoms with Crippen LogP contribution in [0, 0.1) is 13.8 Å². The maximum Gasteiger partial charge on any atom is 0.237 e. The molecule has 160 valence electrons. The molecule has 0 aliphatic carbocycles. The molecule has 32 heavy (non-hydrogen) atoms. The van der Waals surface area contributed by atoms with Crippen molar-refractivity contribution in [2.24, 2.45) is 0 Å². The highest BCUT2D eigenvalue weighted by Crippen LogP contribution is 2.34. The summed E-state index contributed by atoms with van der Waals surface area (Å²) in [6.07, 6.45) is 0.919. The van der Waals surface area contributed by atoms with E-state index in [1.165, 1.54) is 28.5 Å². The minimum absolute atomic E-state index is 0.116. The molecule has 0 saturated heterocycles. The zero-order valence-corrected chi connectivity index (χ0v) is 19.1. The molecule has 1 aliphatic heterocycles. The molecule has 1 N–H and O–H groups in total. The van der Waals surface area contributed by atoms with E-state index in [-0.39, 0.29) is 5.91 Å². The quantitative estimate of drug-likeness (QED) is 0.386. The average Bonchev–Trinajstić information content (AvgIpc) is 3.43. The number of hydrogen-bond donors (Lipinski definition) is 1. The number of nitrogens with zero attached hydrogens (tertiary/aromatic N) is 2. The number of fused-ring (bicyclic) bond motifs is 1. The van der Waals surface area contributed by atoms with Gasteiger partial charge < -0.3 is 9.88 Å². The fourth-order valence-electron chi connectivity index (χ4n) is 4.07. The van der Waals surface area contributed by atoms with Crippen molar-refractivity contribution in [1.82, 2.24) is 9.97 Å². The maximum absolute atomic E-state index is 13.0. The van der Waals surface area contributed by atoms with E-state index >= 15 is 0 Å². The second-order valence-corrected chi connectivity index (χ2v) is 9.17. The zero-order valence-electron chi connectivity index (χ0n) is 18.3. The van der Waals surface area contributed by atoms with Crippen LogP contribution in [0.5, 0.6) is 0 Å². The molecular weight excluding hydrogens is 414 g/mol. The van der Waals surface area contributed by atoms with Crippen LogP contribution in [-0.2, 0) is 11.2 Å². The number of carbonyl (C=O) groups excluding carboxylic acids is 1.